The molecule has 1 saturated carbocycles. The molecule has 0 spiro atoms. The minimum Gasteiger partial charge on any atom is -0.481 e. The number of carboxylic acids is 1. The van der Waals surface area contributed by atoms with Gasteiger partial charge in [-0.05, 0) is 31.1 Å². The summed E-state index contributed by atoms with van der Waals surface area (Å²) >= 11 is 1.54. The largest absolute Gasteiger partial charge is 0.481 e. The zero-order valence-corrected chi connectivity index (χ0v) is 12.6. The van der Waals surface area contributed by atoms with E-state index in [2.05, 4.69) is 36.3 Å². The van der Waals surface area contributed by atoms with Crippen LogP contribution in [0.3, 0.4) is 0 Å². The summed E-state index contributed by atoms with van der Waals surface area (Å²) in [5, 5.41) is 22.6. The average Bonchev–Trinajstić information content (AvgIpc) is 2.70. The first-order chi connectivity index (χ1) is 8.82. The van der Waals surface area contributed by atoms with Gasteiger partial charge in [-0.3, -0.25) is 4.79 Å². The first-order valence-electron chi connectivity index (χ1n) is 6.62. The van der Waals surface area contributed by atoms with Crippen molar-refractivity contribution in [3.05, 3.63) is 5.01 Å². The lowest BCUT2D eigenvalue weighted by atomic mass is 9.61. The number of nitrogens with zero attached hydrogens (tertiary/aromatic N) is 2. The summed E-state index contributed by atoms with van der Waals surface area (Å²) in [5.74, 6) is -0.676. The second-order valence-electron chi connectivity index (χ2n) is 5.96. The SMILES string of the molecule is Cc1nnc(NC2CCC(C(=O)O)C(C)(C)C2C)s1. The van der Waals surface area contributed by atoms with Crippen molar-refractivity contribution in [2.24, 2.45) is 17.3 Å². The number of carboxylic acid groups (broad SMARTS) is 1. The number of carbonyl (C=O) groups is 1. The number of nitrogens with one attached hydrogen (secondary N) is 1. The normalized spacial score (nSPS) is 30.0. The molecule has 1 heterocycles. The zero-order chi connectivity index (χ0) is 14.2. The Balaban J connectivity index is 2.11. The molecular formula is C13H21N3O2S. The van der Waals surface area contributed by atoms with Crippen molar-refractivity contribution in [1.29, 1.82) is 0 Å². The van der Waals surface area contributed by atoms with Gasteiger partial charge in [0, 0.05) is 6.04 Å². The Morgan fingerprint density at radius 1 is 1.42 bits per heavy atom. The van der Waals surface area contributed by atoms with Crippen LogP contribution in [-0.4, -0.2) is 27.3 Å². The van der Waals surface area contributed by atoms with E-state index in [0.717, 1.165) is 16.6 Å². The van der Waals surface area contributed by atoms with E-state index in [0.29, 0.717) is 6.42 Å². The van der Waals surface area contributed by atoms with Gasteiger partial charge in [0.05, 0.1) is 5.92 Å². The van der Waals surface area contributed by atoms with Gasteiger partial charge < -0.3 is 10.4 Å². The fraction of sp³-hybridized carbons (Fsp3) is 0.769. The molecule has 0 saturated heterocycles. The van der Waals surface area contributed by atoms with Gasteiger partial charge in [0.25, 0.3) is 0 Å². The topological polar surface area (TPSA) is 75.1 Å². The number of aromatic nitrogens is 2. The predicted octanol–water partition coefficient (Wildman–Crippen LogP) is 2.78. The van der Waals surface area contributed by atoms with Crippen LogP contribution < -0.4 is 5.32 Å². The Bertz CT molecular complexity index is 472. The highest BCUT2D eigenvalue weighted by Crippen LogP contribution is 2.45. The van der Waals surface area contributed by atoms with E-state index in [-0.39, 0.29) is 23.3 Å². The third kappa shape index (κ3) is 2.73. The fourth-order valence-corrected chi connectivity index (χ4v) is 3.61. The van der Waals surface area contributed by atoms with E-state index in [4.69, 9.17) is 0 Å². The molecule has 0 aromatic carbocycles. The van der Waals surface area contributed by atoms with Crippen LogP contribution in [0.15, 0.2) is 0 Å². The molecule has 2 rings (SSSR count). The summed E-state index contributed by atoms with van der Waals surface area (Å²) < 4.78 is 0. The van der Waals surface area contributed by atoms with Gasteiger partial charge in [-0.25, -0.2) is 0 Å². The molecule has 0 amide bonds. The highest BCUT2D eigenvalue weighted by molar-refractivity contribution is 7.15. The van der Waals surface area contributed by atoms with Crippen LogP contribution in [-0.2, 0) is 4.79 Å². The monoisotopic (exact) mass is 283 g/mol. The van der Waals surface area contributed by atoms with Gasteiger partial charge in [-0.1, -0.05) is 32.1 Å². The molecule has 106 valence electrons. The van der Waals surface area contributed by atoms with Crippen molar-refractivity contribution < 1.29 is 9.90 Å². The third-order valence-electron chi connectivity index (χ3n) is 4.57. The average molecular weight is 283 g/mol. The summed E-state index contributed by atoms with van der Waals surface area (Å²) in [5.41, 5.74) is -0.221. The van der Waals surface area contributed by atoms with Gasteiger partial charge in [0.2, 0.25) is 5.13 Å². The minimum absolute atomic E-state index is 0.221. The first kappa shape index (κ1) is 14.2. The van der Waals surface area contributed by atoms with E-state index in [1.54, 1.807) is 11.3 Å². The van der Waals surface area contributed by atoms with E-state index in [9.17, 15) is 9.90 Å². The summed E-state index contributed by atoms with van der Waals surface area (Å²) in [6, 6.07) is 0.262. The van der Waals surface area contributed by atoms with Crippen LogP contribution in [0.4, 0.5) is 5.13 Å². The van der Waals surface area contributed by atoms with Crippen LogP contribution in [0.2, 0.25) is 0 Å². The van der Waals surface area contributed by atoms with Crippen LogP contribution in [0.5, 0.6) is 0 Å². The van der Waals surface area contributed by atoms with Crippen LogP contribution in [0, 0.1) is 24.2 Å². The van der Waals surface area contributed by atoms with Gasteiger partial charge in [-0.2, -0.15) is 0 Å². The van der Waals surface area contributed by atoms with Gasteiger partial charge in [0.15, 0.2) is 0 Å². The predicted molar refractivity (Wildman–Crippen MR) is 75.4 cm³/mol. The lowest BCUT2D eigenvalue weighted by Crippen LogP contribution is -2.48. The van der Waals surface area contributed by atoms with E-state index in [1.165, 1.54) is 0 Å². The van der Waals surface area contributed by atoms with Gasteiger partial charge in [-0.15, -0.1) is 10.2 Å². The molecule has 2 N–H and O–H groups in total. The zero-order valence-electron chi connectivity index (χ0n) is 11.8. The molecule has 0 radical (unpaired) electrons. The molecule has 3 atom stereocenters. The Kier molecular flexibility index (Phi) is 3.80. The Hall–Kier alpha value is -1.17. The number of hydrogen-bond donors (Lipinski definition) is 2. The standard InChI is InChI=1S/C13H21N3O2S/c1-7-10(14-12-16-15-8(2)19-12)6-5-9(11(17)18)13(7,3)4/h7,9-10H,5-6H2,1-4H3,(H,14,16)(H,17,18). The molecule has 6 heteroatoms. The van der Waals surface area contributed by atoms with Gasteiger partial charge >= 0.3 is 5.97 Å². The lowest BCUT2D eigenvalue weighted by Gasteiger charge is -2.46. The van der Waals surface area contributed by atoms with Crippen molar-refractivity contribution in [3.63, 3.8) is 0 Å². The van der Waals surface area contributed by atoms with Crippen molar-refractivity contribution >= 4 is 22.4 Å². The quantitative estimate of drug-likeness (QED) is 0.892. The Morgan fingerprint density at radius 2 is 2.11 bits per heavy atom. The maximum atomic E-state index is 11.3. The maximum Gasteiger partial charge on any atom is 0.307 e. The van der Waals surface area contributed by atoms with Crippen molar-refractivity contribution in [2.45, 2.75) is 46.6 Å². The van der Waals surface area contributed by atoms with Crippen LogP contribution in [0.1, 0.15) is 38.6 Å². The van der Waals surface area contributed by atoms with Crippen molar-refractivity contribution in [2.75, 3.05) is 5.32 Å². The highest BCUT2D eigenvalue weighted by atomic mass is 32.1. The molecule has 1 aromatic heterocycles. The summed E-state index contributed by atoms with van der Waals surface area (Å²) in [4.78, 5) is 11.3. The minimum atomic E-state index is -0.679. The van der Waals surface area contributed by atoms with Crippen molar-refractivity contribution in [1.82, 2.24) is 10.2 Å². The molecular weight excluding hydrogens is 262 g/mol. The number of hydrogen-bond acceptors (Lipinski definition) is 5. The highest BCUT2D eigenvalue weighted by Gasteiger charge is 2.46. The Labute approximate surface area is 117 Å². The number of aryl methyl sites for hydroxylation is 1. The third-order valence-corrected chi connectivity index (χ3v) is 5.34. The molecule has 5 nitrogen and oxygen atoms in total. The molecule has 1 fully saturated rings. The van der Waals surface area contributed by atoms with Crippen molar-refractivity contribution in [3.8, 4) is 0 Å². The molecule has 0 bridgehead atoms. The van der Waals surface area contributed by atoms with E-state index in [1.807, 2.05) is 6.92 Å². The summed E-state index contributed by atoms with van der Waals surface area (Å²) in [6.45, 7) is 8.16. The fourth-order valence-electron chi connectivity index (χ4n) is 2.96. The number of aliphatic carboxylic acids is 1. The number of rotatable bonds is 3. The van der Waals surface area contributed by atoms with Gasteiger partial charge in [0.1, 0.15) is 5.01 Å². The molecule has 1 aliphatic rings. The molecule has 19 heavy (non-hydrogen) atoms. The van der Waals surface area contributed by atoms with E-state index >= 15 is 0 Å². The molecule has 1 aromatic rings. The maximum absolute atomic E-state index is 11.3. The Morgan fingerprint density at radius 3 is 2.63 bits per heavy atom. The second-order valence-corrected chi connectivity index (χ2v) is 7.14. The first-order valence-corrected chi connectivity index (χ1v) is 7.43. The van der Waals surface area contributed by atoms with E-state index < -0.39 is 5.97 Å². The smallest absolute Gasteiger partial charge is 0.307 e. The molecule has 0 aliphatic heterocycles. The summed E-state index contributed by atoms with van der Waals surface area (Å²) in [7, 11) is 0. The molecule has 3 unspecified atom stereocenters. The molecule has 1 aliphatic carbocycles. The summed E-state index contributed by atoms with van der Waals surface area (Å²) in [6.07, 6.45) is 1.57. The van der Waals surface area contributed by atoms with Crippen LogP contribution in [0.25, 0.3) is 0 Å². The number of anilines is 1. The van der Waals surface area contributed by atoms with Crippen LogP contribution >= 0.6 is 11.3 Å². The lowest BCUT2D eigenvalue weighted by molar-refractivity contribution is -0.149. The second kappa shape index (κ2) is 5.07.